The second-order valence-corrected chi connectivity index (χ2v) is 8.07. The number of fused-ring (bicyclic) bond motifs is 1. The Balaban J connectivity index is 1.52. The normalized spacial score (nSPS) is 17.4. The largest absolute Gasteiger partial charge is 0.356 e. The van der Waals surface area contributed by atoms with Crippen molar-refractivity contribution in [2.75, 3.05) is 6.54 Å². The Kier molecular flexibility index (Phi) is 4.90. The summed E-state index contributed by atoms with van der Waals surface area (Å²) in [4.78, 5) is 33.3. The smallest absolute Gasteiger partial charge is 0.253 e. The Hall–Kier alpha value is -3.32. The predicted octanol–water partition coefficient (Wildman–Crippen LogP) is 3.37. The topological polar surface area (TPSA) is 84.0 Å². The van der Waals surface area contributed by atoms with Gasteiger partial charge in [-0.05, 0) is 41.8 Å². The maximum absolute atomic E-state index is 14.5. The summed E-state index contributed by atoms with van der Waals surface area (Å²) in [6.07, 6.45) is 2.83. The zero-order valence-electron chi connectivity index (χ0n) is 16.4. The quantitative estimate of drug-likeness (QED) is 0.656. The number of halogens is 2. The molecule has 1 atom stereocenters. The summed E-state index contributed by atoms with van der Waals surface area (Å²) in [6, 6.07) is 9.94. The average Bonchev–Trinajstić information content (AvgIpc) is 3.34. The summed E-state index contributed by atoms with van der Waals surface area (Å²) < 4.78 is 14.5. The first-order valence-corrected chi connectivity index (χ1v) is 10.4. The maximum atomic E-state index is 14.5. The molecule has 6 nitrogen and oxygen atoms in total. The molecule has 2 aliphatic rings. The van der Waals surface area contributed by atoms with Gasteiger partial charge in [-0.1, -0.05) is 23.7 Å². The third-order valence-electron chi connectivity index (χ3n) is 5.71. The number of pyridine rings is 2. The van der Waals surface area contributed by atoms with Gasteiger partial charge >= 0.3 is 0 Å². The lowest BCUT2D eigenvalue weighted by molar-refractivity contribution is -0.120. The Morgan fingerprint density at radius 1 is 1.13 bits per heavy atom. The molecule has 0 spiro atoms. The Bertz CT molecular complexity index is 1190. The molecule has 0 unspecified atom stereocenters. The highest BCUT2D eigenvalue weighted by Crippen LogP contribution is 2.33. The van der Waals surface area contributed by atoms with Gasteiger partial charge in [0, 0.05) is 24.9 Å². The number of carbonyl (C=O) groups excluding carboxylic acids is 2. The minimum absolute atomic E-state index is 0.0181. The fraction of sp³-hybridized carbons (Fsp3) is 0.217. The summed E-state index contributed by atoms with van der Waals surface area (Å²) in [7, 11) is 0. The van der Waals surface area contributed by atoms with Gasteiger partial charge in [-0.2, -0.15) is 0 Å². The van der Waals surface area contributed by atoms with Crippen LogP contribution in [0.4, 0.5) is 4.39 Å². The van der Waals surface area contributed by atoms with Crippen LogP contribution >= 0.6 is 11.6 Å². The van der Waals surface area contributed by atoms with E-state index in [1.807, 2.05) is 12.1 Å². The molecule has 1 aromatic carbocycles. The van der Waals surface area contributed by atoms with E-state index in [-0.39, 0.29) is 34.9 Å². The first kappa shape index (κ1) is 19.6. The van der Waals surface area contributed by atoms with Crippen molar-refractivity contribution in [1.29, 1.82) is 0 Å². The molecule has 2 amide bonds. The molecular formula is C23H18ClFN4O2. The molecule has 0 saturated carbocycles. The highest BCUT2D eigenvalue weighted by molar-refractivity contribution is 6.33. The van der Waals surface area contributed by atoms with Gasteiger partial charge in [-0.3, -0.25) is 14.6 Å². The second-order valence-electron chi connectivity index (χ2n) is 7.66. The van der Waals surface area contributed by atoms with Crippen molar-refractivity contribution in [1.82, 2.24) is 20.6 Å². The third-order valence-corrected chi connectivity index (χ3v) is 6.02. The number of hydrogen-bond donors (Lipinski definition) is 2. The van der Waals surface area contributed by atoms with Crippen LogP contribution in [-0.2, 0) is 17.8 Å². The summed E-state index contributed by atoms with van der Waals surface area (Å²) in [5.41, 5.74) is 3.97. The maximum Gasteiger partial charge on any atom is 0.253 e. The molecule has 3 aromatic rings. The van der Waals surface area contributed by atoms with E-state index in [1.165, 1.54) is 12.1 Å². The van der Waals surface area contributed by atoms with Crippen molar-refractivity contribution in [3.63, 3.8) is 0 Å². The molecule has 5 rings (SSSR count). The summed E-state index contributed by atoms with van der Waals surface area (Å²) in [5, 5.41) is 5.86. The molecule has 1 fully saturated rings. The van der Waals surface area contributed by atoms with E-state index in [0.29, 0.717) is 35.5 Å². The standard InChI is InChI=1S/C23H18ClFN4O2/c24-16-2-1-3-17(25)21(16)18-9-13(20-19(29-18)11-28-23(20)31)8-14-5-4-12(10-27-14)15-6-7-26-22(15)30/h1-5,9-10,15H,6-8,11H2,(H,26,30)(H,28,31)/t15-/m0/s1. The van der Waals surface area contributed by atoms with Crippen molar-refractivity contribution in [2.24, 2.45) is 0 Å². The molecular weight excluding hydrogens is 419 g/mol. The SMILES string of the molecule is O=C1NCc2nc(-c3c(F)cccc3Cl)cc(Cc3ccc([C@@H]4CCNC4=O)cn3)c21. The van der Waals surface area contributed by atoms with E-state index >= 15 is 0 Å². The molecule has 2 N–H and O–H groups in total. The van der Waals surface area contributed by atoms with Crippen LogP contribution in [0, 0.1) is 5.82 Å². The molecule has 8 heteroatoms. The van der Waals surface area contributed by atoms with E-state index in [0.717, 1.165) is 17.7 Å². The van der Waals surface area contributed by atoms with Crippen molar-refractivity contribution >= 4 is 23.4 Å². The zero-order chi connectivity index (χ0) is 21.5. The van der Waals surface area contributed by atoms with Gasteiger partial charge in [0.1, 0.15) is 5.82 Å². The number of benzene rings is 1. The van der Waals surface area contributed by atoms with E-state index < -0.39 is 5.82 Å². The van der Waals surface area contributed by atoms with Gasteiger partial charge < -0.3 is 10.6 Å². The molecule has 0 bridgehead atoms. The van der Waals surface area contributed by atoms with Crippen LogP contribution in [0.3, 0.4) is 0 Å². The Morgan fingerprint density at radius 2 is 2.00 bits per heavy atom. The van der Waals surface area contributed by atoms with Crippen LogP contribution in [-0.4, -0.2) is 28.3 Å². The Labute approximate surface area is 182 Å². The highest BCUT2D eigenvalue weighted by atomic mass is 35.5. The molecule has 1 saturated heterocycles. The van der Waals surface area contributed by atoms with Crippen LogP contribution in [0.5, 0.6) is 0 Å². The Morgan fingerprint density at radius 3 is 2.71 bits per heavy atom. The lowest BCUT2D eigenvalue weighted by Gasteiger charge is -2.12. The van der Waals surface area contributed by atoms with Crippen LogP contribution in [0.1, 0.15) is 45.2 Å². The van der Waals surface area contributed by atoms with Gasteiger partial charge in [0.2, 0.25) is 5.91 Å². The van der Waals surface area contributed by atoms with Crippen molar-refractivity contribution < 1.29 is 14.0 Å². The fourth-order valence-electron chi connectivity index (χ4n) is 4.18. The molecule has 0 radical (unpaired) electrons. The minimum atomic E-state index is -0.472. The van der Waals surface area contributed by atoms with Crippen LogP contribution < -0.4 is 10.6 Å². The average molecular weight is 437 g/mol. The van der Waals surface area contributed by atoms with Crippen molar-refractivity contribution in [3.05, 3.63) is 81.5 Å². The molecule has 4 heterocycles. The minimum Gasteiger partial charge on any atom is -0.356 e. The van der Waals surface area contributed by atoms with Crippen molar-refractivity contribution in [2.45, 2.75) is 25.3 Å². The fourth-order valence-corrected chi connectivity index (χ4v) is 4.44. The number of rotatable bonds is 4. The van der Waals surface area contributed by atoms with Crippen LogP contribution in [0.25, 0.3) is 11.3 Å². The summed E-state index contributed by atoms with van der Waals surface area (Å²) in [6.45, 7) is 0.954. The van der Waals surface area contributed by atoms with E-state index in [4.69, 9.17) is 11.6 Å². The van der Waals surface area contributed by atoms with Gasteiger partial charge in [-0.15, -0.1) is 0 Å². The number of carbonyl (C=O) groups is 2. The number of nitrogens with zero attached hydrogens (tertiary/aromatic N) is 2. The van der Waals surface area contributed by atoms with Gasteiger partial charge in [-0.25, -0.2) is 9.37 Å². The van der Waals surface area contributed by atoms with Gasteiger partial charge in [0.25, 0.3) is 5.91 Å². The van der Waals surface area contributed by atoms with Crippen LogP contribution in [0.15, 0.2) is 42.6 Å². The number of nitrogens with one attached hydrogen (secondary N) is 2. The second kappa shape index (κ2) is 7.74. The summed E-state index contributed by atoms with van der Waals surface area (Å²) >= 11 is 6.24. The molecule has 2 aromatic heterocycles. The van der Waals surface area contributed by atoms with E-state index in [9.17, 15) is 14.0 Å². The van der Waals surface area contributed by atoms with Crippen LogP contribution in [0.2, 0.25) is 5.02 Å². The van der Waals surface area contributed by atoms with Gasteiger partial charge in [0.05, 0.1) is 40.0 Å². The lowest BCUT2D eigenvalue weighted by Crippen LogP contribution is -2.18. The first-order chi connectivity index (χ1) is 15.0. The number of amides is 2. The lowest BCUT2D eigenvalue weighted by atomic mass is 9.97. The molecule has 0 aliphatic carbocycles. The van der Waals surface area contributed by atoms with E-state index in [1.54, 1.807) is 18.3 Å². The number of aromatic nitrogens is 2. The van der Waals surface area contributed by atoms with E-state index in [2.05, 4.69) is 20.6 Å². The predicted molar refractivity (Wildman–Crippen MR) is 113 cm³/mol. The van der Waals surface area contributed by atoms with Crippen molar-refractivity contribution in [3.8, 4) is 11.3 Å². The zero-order valence-corrected chi connectivity index (χ0v) is 17.2. The first-order valence-electron chi connectivity index (χ1n) is 9.99. The number of hydrogen-bond acceptors (Lipinski definition) is 4. The molecule has 31 heavy (non-hydrogen) atoms. The molecule has 156 valence electrons. The monoisotopic (exact) mass is 436 g/mol. The van der Waals surface area contributed by atoms with Gasteiger partial charge in [0.15, 0.2) is 0 Å². The third kappa shape index (κ3) is 3.55. The summed E-state index contributed by atoms with van der Waals surface area (Å²) in [5.74, 6) is -0.833. The highest BCUT2D eigenvalue weighted by Gasteiger charge is 2.28. The molecule has 2 aliphatic heterocycles.